The summed E-state index contributed by atoms with van der Waals surface area (Å²) < 4.78 is 18.1. The molecule has 0 fully saturated rings. The summed E-state index contributed by atoms with van der Waals surface area (Å²) in [6, 6.07) is 18.0. The van der Waals surface area contributed by atoms with E-state index in [0.717, 1.165) is 22.7 Å². The number of hydrogen-bond acceptors (Lipinski definition) is 8. The lowest BCUT2D eigenvalue weighted by Crippen LogP contribution is -2.31. The van der Waals surface area contributed by atoms with Gasteiger partial charge in [0, 0.05) is 12.5 Å². The molecule has 1 aliphatic heterocycles. The van der Waals surface area contributed by atoms with Gasteiger partial charge < -0.3 is 13.9 Å². The molecule has 33 heavy (non-hydrogen) atoms. The number of methoxy groups -OCH3 is 1. The number of nitrogens with zero attached hydrogens (tertiary/aromatic N) is 6. The predicted molar refractivity (Wildman–Crippen MR) is 117 cm³/mol. The second kappa shape index (κ2) is 8.95. The van der Waals surface area contributed by atoms with Crippen molar-refractivity contribution in [3.63, 3.8) is 0 Å². The molecule has 1 amide bonds. The first-order valence-electron chi connectivity index (χ1n) is 10.2. The Kier molecular flexibility index (Phi) is 5.54. The molecule has 0 saturated heterocycles. The summed E-state index contributed by atoms with van der Waals surface area (Å²) in [5, 5.41) is 17.2. The number of tetrazole rings is 1. The normalized spacial score (nSPS) is 15.4. The Morgan fingerprint density at radius 3 is 2.73 bits per heavy atom. The monoisotopic (exact) mass is 444 g/mol. The van der Waals surface area contributed by atoms with Crippen molar-refractivity contribution in [2.75, 3.05) is 13.7 Å². The highest BCUT2D eigenvalue weighted by atomic mass is 16.5. The molecule has 1 atom stereocenters. The van der Waals surface area contributed by atoms with E-state index in [1.54, 1.807) is 37.6 Å². The lowest BCUT2D eigenvalue weighted by atomic mass is 10.0. The summed E-state index contributed by atoms with van der Waals surface area (Å²) in [5.74, 6) is 1.65. The summed E-state index contributed by atoms with van der Waals surface area (Å²) in [4.78, 5) is 13.1. The molecule has 2 aromatic carbocycles. The lowest BCUT2D eigenvalue weighted by molar-refractivity contribution is -0.135. The number of hydrazone groups is 1. The molecule has 10 nitrogen and oxygen atoms in total. The summed E-state index contributed by atoms with van der Waals surface area (Å²) in [6.45, 7) is -0.185. The van der Waals surface area contributed by atoms with Crippen molar-refractivity contribution in [1.29, 1.82) is 0 Å². The van der Waals surface area contributed by atoms with E-state index in [4.69, 9.17) is 13.9 Å². The molecule has 0 aliphatic carbocycles. The van der Waals surface area contributed by atoms with Crippen molar-refractivity contribution in [3.05, 3.63) is 84.6 Å². The number of carbonyl (C=O) groups excluding carboxylic acids is 1. The SMILES string of the molecule is COc1ccc(C2=NN(C(=O)COc3cccc(-n4cnnn4)c3)[C@H](c3ccco3)C2)cc1. The standard InChI is InChI=1S/C23H20N6O4/c1-31-18-9-7-16(8-10-18)20-13-21(22-6-3-11-32-22)29(25-20)23(30)14-33-19-5-2-4-17(12-19)28-15-24-26-27-28/h2-12,15,21H,13-14H2,1H3/t21-/m0/s1. The number of rotatable bonds is 7. The number of amides is 1. The number of aromatic nitrogens is 4. The maximum absolute atomic E-state index is 13.1. The van der Waals surface area contributed by atoms with Crippen molar-refractivity contribution in [1.82, 2.24) is 25.2 Å². The zero-order valence-corrected chi connectivity index (χ0v) is 17.7. The third-order valence-corrected chi connectivity index (χ3v) is 5.25. The van der Waals surface area contributed by atoms with Crippen LogP contribution in [0.5, 0.6) is 11.5 Å². The fourth-order valence-corrected chi connectivity index (χ4v) is 3.61. The highest BCUT2D eigenvalue weighted by molar-refractivity contribution is 6.03. The molecule has 166 valence electrons. The van der Waals surface area contributed by atoms with E-state index < -0.39 is 0 Å². The number of hydrogen-bond donors (Lipinski definition) is 0. The fourth-order valence-electron chi connectivity index (χ4n) is 3.61. The fraction of sp³-hybridized carbons (Fsp3) is 0.174. The van der Waals surface area contributed by atoms with Gasteiger partial charge in [-0.1, -0.05) is 6.07 Å². The predicted octanol–water partition coefficient (Wildman–Crippen LogP) is 3.02. The van der Waals surface area contributed by atoms with Crippen LogP contribution in [0.2, 0.25) is 0 Å². The van der Waals surface area contributed by atoms with E-state index in [1.165, 1.54) is 16.0 Å². The molecule has 10 heteroatoms. The molecule has 0 spiro atoms. The van der Waals surface area contributed by atoms with E-state index >= 15 is 0 Å². The Hall–Kier alpha value is -4.47. The molecular formula is C23H20N6O4. The van der Waals surface area contributed by atoms with Crippen LogP contribution in [-0.4, -0.2) is 50.6 Å². The molecule has 3 heterocycles. The molecular weight excluding hydrogens is 424 g/mol. The summed E-state index contributed by atoms with van der Waals surface area (Å²) in [5.41, 5.74) is 2.42. The summed E-state index contributed by atoms with van der Waals surface area (Å²) in [7, 11) is 1.62. The minimum atomic E-state index is -0.347. The minimum Gasteiger partial charge on any atom is -0.497 e. The Morgan fingerprint density at radius 1 is 1.12 bits per heavy atom. The van der Waals surface area contributed by atoms with Crippen LogP contribution >= 0.6 is 0 Å². The average molecular weight is 444 g/mol. The van der Waals surface area contributed by atoms with Gasteiger partial charge in [-0.2, -0.15) is 5.10 Å². The van der Waals surface area contributed by atoms with Crippen LogP contribution in [0.1, 0.15) is 23.8 Å². The summed E-state index contributed by atoms with van der Waals surface area (Å²) >= 11 is 0. The van der Waals surface area contributed by atoms with E-state index in [0.29, 0.717) is 17.9 Å². The van der Waals surface area contributed by atoms with Gasteiger partial charge in [0.25, 0.3) is 5.91 Å². The molecule has 2 aromatic heterocycles. The number of furan rings is 1. The van der Waals surface area contributed by atoms with Gasteiger partial charge in [0.2, 0.25) is 0 Å². The average Bonchev–Trinajstić information content (AvgIpc) is 3.64. The van der Waals surface area contributed by atoms with Crippen LogP contribution in [0.25, 0.3) is 5.69 Å². The second-order valence-corrected chi connectivity index (χ2v) is 7.29. The van der Waals surface area contributed by atoms with Crippen molar-refractivity contribution in [2.45, 2.75) is 12.5 Å². The van der Waals surface area contributed by atoms with Crippen LogP contribution < -0.4 is 9.47 Å². The van der Waals surface area contributed by atoms with Crippen LogP contribution in [-0.2, 0) is 4.79 Å². The first kappa shape index (κ1) is 20.4. The number of benzene rings is 2. The van der Waals surface area contributed by atoms with Gasteiger partial charge in [0.05, 0.1) is 24.8 Å². The summed E-state index contributed by atoms with van der Waals surface area (Å²) in [6.07, 6.45) is 3.60. The van der Waals surface area contributed by atoms with Crippen molar-refractivity contribution < 1.29 is 18.7 Å². The molecule has 5 rings (SSSR count). The van der Waals surface area contributed by atoms with Gasteiger partial charge in [-0.25, -0.2) is 9.69 Å². The highest BCUT2D eigenvalue weighted by Gasteiger charge is 2.35. The molecule has 0 saturated carbocycles. The maximum atomic E-state index is 13.1. The molecule has 0 N–H and O–H groups in total. The van der Waals surface area contributed by atoms with Gasteiger partial charge in [-0.3, -0.25) is 4.79 Å². The third-order valence-electron chi connectivity index (χ3n) is 5.25. The van der Waals surface area contributed by atoms with E-state index in [9.17, 15) is 4.79 Å². The van der Waals surface area contributed by atoms with Crippen molar-refractivity contribution in [3.8, 4) is 17.2 Å². The maximum Gasteiger partial charge on any atom is 0.281 e. The minimum absolute atomic E-state index is 0.185. The van der Waals surface area contributed by atoms with Gasteiger partial charge >= 0.3 is 0 Å². The van der Waals surface area contributed by atoms with Gasteiger partial charge in [0.15, 0.2) is 6.61 Å². The highest BCUT2D eigenvalue weighted by Crippen LogP contribution is 2.33. The first-order valence-corrected chi connectivity index (χ1v) is 10.2. The second-order valence-electron chi connectivity index (χ2n) is 7.29. The quantitative estimate of drug-likeness (QED) is 0.431. The van der Waals surface area contributed by atoms with Crippen LogP contribution in [0.15, 0.2) is 82.8 Å². The largest absolute Gasteiger partial charge is 0.497 e. The van der Waals surface area contributed by atoms with Crippen molar-refractivity contribution >= 4 is 11.6 Å². The Balaban J connectivity index is 1.34. The molecule has 0 unspecified atom stereocenters. The Labute approximate surface area is 189 Å². The molecule has 0 bridgehead atoms. The van der Waals surface area contributed by atoms with Crippen LogP contribution in [0.3, 0.4) is 0 Å². The smallest absolute Gasteiger partial charge is 0.281 e. The first-order chi connectivity index (χ1) is 16.2. The third kappa shape index (κ3) is 4.31. The van der Waals surface area contributed by atoms with Crippen LogP contribution in [0, 0.1) is 0 Å². The topological polar surface area (TPSA) is 108 Å². The molecule has 1 aliphatic rings. The Bertz CT molecular complexity index is 1250. The van der Waals surface area contributed by atoms with Crippen molar-refractivity contribution in [2.24, 2.45) is 5.10 Å². The zero-order chi connectivity index (χ0) is 22.6. The van der Waals surface area contributed by atoms with Gasteiger partial charge in [0.1, 0.15) is 29.6 Å². The Morgan fingerprint density at radius 2 is 2.00 bits per heavy atom. The lowest BCUT2D eigenvalue weighted by Gasteiger charge is -2.20. The van der Waals surface area contributed by atoms with E-state index in [1.807, 2.05) is 36.4 Å². The van der Waals surface area contributed by atoms with Crippen LogP contribution in [0.4, 0.5) is 0 Å². The van der Waals surface area contributed by atoms with Gasteiger partial charge in [-0.15, -0.1) is 5.10 Å². The number of ether oxygens (including phenoxy) is 2. The molecule has 4 aromatic rings. The zero-order valence-electron chi connectivity index (χ0n) is 17.7. The van der Waals surface area contributed by atoms with E-state index in [2.05, 4.69) is 20.6 Å². The van der Waals surface area contributed by atoms with E-state index in [-0.39, 0.29) is 18.6 Å². The molecule has 0 radical (unpaired) electrons. The number of carbonyl (C=O) groups is 1. The van der Waals surface area contributed by atoms with Gasteiger partial charge in [-0.05, 0) is 64.5 Å².